The number of hydrogen-bond donors (Lipinski definition) is 0. The third-order valence-electron chi connectivity index (χ3n) is 2.26. The summed E-state index contributed by atoms with van der Waals surface area (Å²) < 4.78 is 11.4. The van der Waals surface area contributed by atoms with Gasteiger partial charge in [0, 0.05) is 11.5 Å². The summed E-state index contributed by atoms with van der Waals surface area (Å²) in [5, 5.41) is 3.49. The van der Waals surface area contributed by atoms with E-state index in [1.54, 1.807) is 0 Å². The van der Waals surface area contributed by atoms with Crippen molar-refractivity contribution < 1.29 is 9.47 Å². The molecule has 1 aliphatic heterocycles. The van der Waals surface area contributed by atoms with Gasteiger partial charge in [0.2, 0.25) is 0 Å². The first-order chi connectivity index (χ1) is 6.37. The molecule has 1 aliphatic rings. The van der Waals surface area contributed by atoms with Crippen molar-refractivity contribution in [1.82, 2.24) is 0 Å². The Hall–Kier alpha value is -0.770. The van der Waals surface area contributed by atoms with Crippen LogP contribution in [-0.2, 0) is 9.47 Å². The molecule has 1 fully saturated rings. The highest BCUT2D eigenvalue weighted by atomic mass is 16.8. The third-order valence-corrected chi connectivity index (χ3v) is 2.26. The highest BCUT2D eigenvalue weighted by Crippen LogP contribution is 2.37. The summed E-state index contributed by atoms with van der Waals surface area (Å²) >= 11 is 0. The first-order valence-corrected chi connectivity index (χ1v) is 4.76. The van der Waals surface area contributed by atoms with E-state index >= 15 is 0 Å². The van der Waals surface area contributed by atoms with Gasteiger partial charge in [0.15, 0.2) is 5.79 Å². The van der Waals surface area contributed by atoms with E-state index in [2.05, 4.69) is 10.0 Å². The molecule has 1 unspecified atom stereocenters. The predicted molar refractivity (Wildman–Crippen MR) is 52.7 cm³/mol. The van der Waals surface area contributed by atoms with E-state index in [4.69, 9.17) is 15.0 Å². The molecular formula is C9H17N3O2. The van der Waals surface area contributed by atoms with Crippen LogP contribution in [0.25, 0.3) is 10.4 Å². The van der Waals surface area contributed by atoms with E-state index in [1.165, 1.54) is 0 Å². The van der Waals surface area contributed by atoms with Crippen molar-refractivity contribution in [1.29, 1.82) is 0 Å². The van der Waals surface area contributed by atoms with Crippen molar-refractivity contribution >= 4 is 0 Å². The van der Waals surface area contributed by atoms with Gasteiger partial charge in [0.05, 0.1) is 11.7 Å². The summed E-state index contributed by atoms with van der Waals surface area (Å²) in [4.78, 5) is 2.71. The molecule has 1 heterocycles. The Labute approximate surface area is 84.0 Å². The van der Waals surface area contributed by atoms with Gasteiger partial charge in [-0.3, -0.25) is 0 Å². The molecule has 0 aromatic heterocycles. The maximum absolute atomic E-state index is 8.16. The second-order valence-corrected chi connectivity index (χ2v) is 4.45. The molecule has 1 atom stereocenters. The van der Waals surface area contributed by atoms with Crippen LogP contribution in [0.3, 0.4) is 0 Å². The van der Waals surface area contributed by atoms with Crippen molar-refractivity contribution in [2.24, 2.45) is 5.11 Å². The first kappa shape index (κ1) is 11.3. The van der Waals surface area contributed by atoms with Gasteiger partial charge in [0.1, 0.15) is 0 Å². The molecule has 14 heavy (non-hydrogen) atoms. The van der Waals surface area contributed by atoms with E-state index in [0.29, 0.717) is 13.0 Å². The summed E-state index contributed by atoms with van der Waals surface area (Å²) in [6.07, 6.45) is 0.684. The molecule has 0 bridgehead atoms. The lowest BCUT2D eigenvalue weighted by atomic mass is 9.99. The van der Waals surface area contributed by atoms with E-state index in [-0.39, 0.29) is 11.7 Å². The quantitative estimate of drug-likeness (QED) is 0.398. The largest absolute Gasteiger partial charge is 0.344 e. The van der Waals surface area contributed by atoms with Crippen molar-refractivity contribution in [2.45, 2.75) is 51.6 Å². The second-order valence-electron chi connectivity index (χ2n) is 4.45. The monoisotopic (exact) mass is 199 g/mol. The Kier molecular flexibility index (Phi) is 3.04. The first-order valence-electron chi connectivity index (χ1n) is 4.76. The van der Waals surface area contributed by atoms with Gasteiger partial charge in [-0.1, -0.05) is 5.11 Å². The lowest BCUT2D eigenvalue weighted by Gasteiger charge is -2.23. The van der Waals surface area contributed by atoms with Gasteiger partial charge >= 0.3 is 0 Å². The van der Waals surface area contributed by atoms with Crippen LogP contribution in [0.4, 0.5) is 0 Å². The van der Waals surface area contributed by atoms with E-state index in [0.717, 1.165) is 0 Å². The Morgan fingerprint density at radius 3 is 2.43 bits per heavy atom. The second kappa shape index (κ2) is 3.77. The fourth-order valence-electron chi connectivity index (χ4n) is 1.83. The molecule has 0 aliphatic carbocycles. The average molecular weight is 199 g/mol. The minimum atomic E-state index is -0.537. The summed E-state index contributed by atoms with van der Waals surface area (Å²) in [5.74, 6) is -0.537. The van der Waals surface area contributed by atoms with Crippen molar-refractivity contribution in [3.05, 3.63) is 10.4 Å². The number of rotatable bonds is 3. The van der Waals surface area contributed by atoms with E-state index in [1.807, 2.05) is 27.7 Å². The molecule has 5 heteroatoms. The van der Waals surface area contributed by atoms with Gasteiger partial charge in [-0.2, -0.15) is 0 Å². The van der Waals surface area contributed by atoms with Crippen molar-refractivity contribution in [2.75, 3.05) is 6.54 Å². The standard InChI is InChI=1S/C9H17N3O2/c1-8(2)7(5-6-11-12-10)13-9(3,4)14-8/h7H,5-6H2,1-4H3. The maximum Gasteiger partial charge on any atom is 0.164 e. The minimum absolute atomic E-state index is 0.0111. The van der Waals surface area contributed by atoms with Crippen molar-refractivity contribution in [3.8, 4) is 0 Å². The number of ether oxygens (including phenoxy) is 2. The van der Waals surface area contributed by atoms with Gasteiger partial charge in [-0.05, 0) is 39.6 Å². The maximum atomic E-state index is 8.16. The van der Waals surface area contributed by atoms with Crippen LogP contribution in [0.1, 0.15) is 34.1 Å². The van der Waals surface area contributed by atoms with Crippen molar-refractivity contribution in [3.63, 3.8) is 0 Å². The highest BCUT2D eigenvalue weighted by molar-refractivity contribution is 4.89. The molecule has 0 aromatic rings. The Morgan fingerprint density at radius 2 is 2.00 bits per heavy atom. The third kappa shape index (κ3) is 2.61. The molecule has 0 amide bonds. The van der Waals surface area contributed by atoms with Gasteiger partial charge in [0.25, 0.3) is 0 Å². The molecule has 1 saturated heterocycles. The lowest BCUT2D eigenvalue weighted by molar-refractivity contribution is -0.157. The molecular weight excluding hydrogens is 182 g/mol. The summed E-state index contributed by atoms with van der Waals surface area (Å²) in [6.45, 7) is 8.21. The summed E-state index contributed by atoms with van der Waals surface area (Å²) in [5.41, 5.74) is 7.85. The number of nitrogens with zero attached hydrogens (tertiary/aromatic N) is 3. The summed E-state index contributed by atoms with van der Waals surface area (Å²) in [6, 6.07) is 0. The molecule has 0 spiro atoms. The fourth-order valence-corrected chi connectivity index (χ4v) is 1.83. The van der Waals surface area contributed by atoms with Crippen LogP contribution < -0.4 is 0 Å². The average Bonchev–Trinajstić information content (AvgIpc) is 2.20. The van der Waals surface area contributed by atoms with Gasteiger partial charge in [-0.25, -0.2) is 0 Å². The molecule has 80 valence electrons. The molecule has 0 radical (unpaired) electrons. The highest BCUT2D eigenvalue weighted by Gasteiger charge is 2.46. The molecule has 0 N–H and O–H groups in total. The molecule has 0 aromatic carbocycles. The molecule has 1 rings (SSSR count). The normalized spacial score (nSPS) is 28.4. The molecule has 0 saturated carbocycles. The van der Waals surface area contributed by atoms with Crippen LogP contribution >= 0.6 is 0 Å². The smallest absolute Gasteiger partial charge is 0.164 e. The lowest BCUT2D eigenvalue weighted by Crippen LogP contribution is -2.33. The zero-order chi connectivity index (χ0) is 10.8. The number of azide groups is 1. The van der Waals surface area contributed by atoms with Gasteiger partial charge in [-0.15, -0.1) is 0 Å². The number of hydrogen-bond acceptors (Lipinski definition) is 3. The zero-order valence-electron chi connectivity index (χ0n) is 9.15. The molecule has 5 nitrogen and oxygen atoms in total. The van der Waals surface area contributed by atoms with E-state index < -0.39 is 5.79 Å². The minimum Gasteiger partial charge on any atom is -0.344 e. The Morgan fingerprint density at radius 1 is 1.36 bits per heavy atom. The van der Waals surface area contributed by atoms with Crippen LogP contribution in [0, 0.1) is 0 Å². The Bertz CT molecular complexity index is 257. The topological polar surface area (TPSA) is 67.2 Å². The van der Waals surface area contributed by atoms with Crippen LogP contribution in [-0.4, -0.2) is 24.0 Å². The predicted octanol–water partition coefficient (Wildman–Crippen LogP) is 2.62. The van der Waals surface area contributed by atoms with Crippen LogP contribution in [0.5, 0.6) is 0 Å². The summed E-state index contributed by atoms with van der Waals surface area (Å²) in [7, 11) is 0. The SMILES string of the molecule is CC1(C)OC(CCN=[N+]=[N-])C(C)(C)O1. The fraction of sp³-hybridized carbons (Fsp3) is 1.00. The van der Waals surface area contributed by atoms with Gasteiger partial charge < -0.3 is 9.47 Å². The van der Waals surface area contributed by atoms with Crippen LogP contribution in [0.15, 0.2) is 5.11 Å². The Balaban J connectivity index is 2.56. The zero-order valence-corrected chi connectivity index (χ0v) is 9.15. The van der Waals surface area contributed by atoms with Crippen LogP contribution in [0.2, 0.25) is 0 Å². The van der Waals surface area contributed by atoms with E-state index in [9.17, 15) is 0 Å².